The van der Waals surface area contributed by atoms with E-state index < -0.39 is 24.1 Å². The number of piperazine rings is 1. The highest BCUT2D eigenvalue weighted by Gasteiger charge is 2.30. The lowest BCUT2D eigenvalue weighted by atomic mass is 9.91. The Bertz CT molecular complexity index is 1830. The number of amides is 5. The van der Waals surface area contributed by atoms with Crippen LogP contribution < -0.4 is 16.0 Å². The second-order valence-electron chi connectivity index (χ2n) is 15.0. The second kappa shape index (κ2) is 22.2. The van der Waals surface area contributed by atoms with Crippen LogP contribution in [0.3, 0.4) is 0 Å². The van der Waals surface area contributed by atoms with Crippen molar-refractivity contribution in [3.63, 3.8) is 0 Å². The van der Waals surface area contributed by atoms with Gasteiger partial charge in [-0.1, -0.05) is 74.5 Å². The van der Waals surface area contributed by atoms with Crippen molar-refractivity contribution < 1.29 is 23.9 Å². The van der Waals surface area contributed by atoms with Gasteiger partial charge in [0.1, 0.15) is 12.6 Å². The SMILES string of the molecule is CC(C)c1nc(CN(C)C(=O)NC(CC(=O)N2CCN(C)CC2)C(=O)NC(CCC(CNC(=O)OCc2cncs2)Cc2ccccc2)Cc2ccccc2)cs1. The van der Waals surface area contributed by atoms with E-state index in [1.54, 1.807) is 35.0 Å². The Balaban J connectivity index is 1.29. The minimum Gasteiger partial charge on any atom is -0.444 e. The summed E-state index contributed by atoms with van der Waals surface area (Å²) in [6, 6.07) is 18.2. The van der Waals surface area contributed by atoms with Crippen LogP contribution in [0.25, 0.3) is 0 Å². The topological polar surface area (TPSA) is 149 Å². The smallest absolute Gasteiger partial charge is 0.407 e. The number of alkyl carbamates (subject to hydrolysis) is 1. The van der Waals surface area contributed by atoms with Gasteiger partial charge in [-0.25, -0.2) is 14.6 Å². The number of likely N-dealkylation sites (N-methyl/N-ethyl adjacent to an activating group) is 1. The molecule has 3 atom stereocenters. The number of benzene rings is 2. The first-order valence-electron chi connectivity index (χ1n) is 19.6. The van der Waals surface area contributed by atoms with Gasteiger partial charge in [-0.15, -0.1) is 22.7 Å². The Morgan fingerprint density at radius 1 is 0.895 bits per heavy atom. The van der Waals surface area contributed by atoms with Crippen LogP contribution >= 0.6 is 22.7 Å². The van der Waals surface area contributed by atoms with Gasteiger partial charge < -0.3 is 35.4 Å². The fourth-order valence-electron chi connectivity index (χ4n) is 6.62. The first-order chi connectivity index (χ1) is 27.5. The number of hydrogen-bond acceptors (Lipinski definition) is 10. The molecule has 5 amide bonds. The van der Waals surface area contributed by atoms with Crippen LogP contribution in [-0.2, 0) is 40.3 Å². The number of hydrogen-bond donors (Lipinski definition) is 3. The van der Waals surface area contributed by atoms with E-state index in [1.807, 2.05) is 61.0 Å². The molecule has 3 N–H and O–H groups in total. The summed E-state index contributed by atoms with van der Waals surface area (Å²) in [6.45, 7) is 7.56. The van der Waals surface area contributed by atoms with Gasteiger partial charge in [-0.2, -0.15) is 0 Å². The van der Waals surface area contributed by atoms with Gasteiger partial charge >= 0.3 is 12.1 Å². The van der Waals surface area contributed by atoms with Crippen LogP contribution in [-0.4, -0.2) is 108 Å². The molecule has 57 heavy (non-hydrogen) atoms. The summed E-state index contributed by atoms with van der Waals surface area (Å²) < 4.78 is 5.43. The van der Waals surface area contributed by atoms with Crippen molar-refractivity contribution in [2.45, 2.75) is 77.1 Å². The molecule has 306 valence electrons. The van der Waals surface area contributed by atoms with Crippen LogP contribution in [0, 0.1) is 5.92 Å². The van der Waals surface area contributed by atoms with Gasteiger partial charge in [0, 0.05) is 63.3 Å². The summed E-state index contributed by atoms with van der Waals surface area (Å²) in [4.78, 5) is 69.3. The number of carbonyl (C=O) groups is 4. The van der Waals surface area contributed by atoms with Crippen molar-refractivity contribution in [2.24, 2.45) is 5.92 Å². The number of nitrogens with zero attached hydrogens (tertiary/aromatic N) is 5. The fraction of sp³-hybridized carbons (Fsp3) is 0.476. The summed E-state index contributed by atoms with van der Waals surface area (Å²) in [5.41, 5.74) is 4.65. The van der Waals surface area contributed by atoms with E-state index in [9.17, 15) is 19.2 Å². The molecule has 0 spiro atoms. The average molecular weight is 817 g/mol. The highest BCUT2D eigenvalue weighted by molar-refractivity contribution is 7.09. The molecule has 0 radical (unpaired) electrons. The molecule has 1 saturated heterocycles. The quantitative estimate of drug-likeness (QED) is 0.109. The standard InChI is InChI=1S/C42H56N8O5S2/c1-30(2)40-46-35(28-56-40)26-49(4)41(53)47-37(23-38(51)50-19-17-48(3)18-20-50)39(52)45-34(22-32-13-9-6-10-14-32)16-15-33(21-31-11-7-5-8-12-31)24-44-42(54)55-27-36-25-43-29-57-36/h5-14,25,28-30,33-34,37H,15-24,26-27H2,1-4H3,(H,44,54)(H,45,52)(H,47,53). The lowest BCUT2D eigenvalue weighted by Gasteiger charge is -2.33. The van der Waals surface area contributed by atoms with Gasteiger partial charge in [0.15, 0.2) is 0 Å². The summed E-state index contributed by atoms with van der Waals surface area (Å²) in [5.74, 6) is -0.284. The largest absolute Gasteiger partial charge is 0.444 e. The van der Waals surface area contributed by atoms with Gasteiger partial charge in [0.05, 0.1) is 34.1 Å². The van der Waals surface area contributed by atoms with E-state index in [0.717, 1.165) is 39.8 Å². The maximum atomic E-state index is 14.3. The Kier molecular flexibility index (Phi) is 16.8. The molecular weight excluding hydrogens is 761 g/mol. The number of carbonyl (C=O) groups excluding carboxylic acids is 4. The molecule has 2 aromatic carbocycles. The van der Waals surface area contributed by atoms with Crippen LogP contribution in [0.15, 0.2) is 77.8 Å². The third kappa shape index (κ3) is 14.5. The Morgan fingerprint density at radius 2 is 1.58 bits per heavy atom. The lowest BCUT2D eigenvalue weighted by Crippen LogP contribution is -2.55. The summed E-state index contributed by atoms with van der Waals surface area (Å²) >= 11 is 2.98. The molecule has 15 heteroatoms. The summed E-state index contributed by atoms with van der Waals surface area (Å²) in [6.07, 6.45) is 3.54. The first-order valence-corrected chi connectivity index (χ1v) is 21.4. The number of nitrogens with one attached hydrogen (secondary N) is 3. The predicted octanol–water partition coefficient (Wildman–Crippen LogP) is 5.69. The number of rotatable bonds is 19. The van der Waals surface area contributed by atoms with Crippen molar-refractivity contribution in [2.75, 3.05) is 46.8 Å². The van der Waals surface area contributed by atoms with Crippen LogP contribution in [0.5, 0.6) is 0 Å². The zero-order valence-electron chi connectivity index (χ0n) is 33.4. The second-order valence-corrected chi connectivity index (χ2v) is 16.9. The third-order valence-electron chi connectivity index (χ3n) is 9.98. The van der Waals surface area contributed by atoms with Crippen molar-refractivity contribution >= 4 is 46.6 Å². The van der Waals surface area contributed by atoms with Crippen LogP contribution in [0.4, 0.5) is 9.59 Å². The third-order valence-corrected chi connectivity index (χ3v) is 11.9. The zero-order valence-corrected chi connectivity index (χ0v) is 35.0. The molecule has 4 aromatic rings. The molecule has 1 aliphatic rings. The predicted molar refractivity (Wildman–Crippen MR) is 224 cm³/mol. The maximum Gasteiger partial charge on any atom is 0.407 e. The number of thiazole rings is 2. The molecule has 5 rings (SSSR count). The fourth-order valence-corrected chi connectivity index (χ4v) is 7.95. The molecule has 3 unspecified atom stereocenters. The van der Waals surface area contributed by atoms with E-state index in [2.05, 4.69) is 56.8 Å². The number of ether oxygens (including phenoxy) is 1. The highest BCUT2D eigenvalue weighted by atomic mass is 32.1. The average Bonchev–Trinajstić information content (AvgIpc) is 3.92. The minimum absolute atomic E-state index is 0.0309. The molecule has 0 aliphatic carbocycles. The van der Waals surface area contributed by atoms with Crippen LogP contribution in [0.1, 0.15) is 65.7 Å². The molecule has 2 aromatic heterocycles. The monoisotopic (exact) mass is 816 g/mol. The lowest BCUT2D eigenvalue weighted by molar-refractivity contribution is -0.136. The number of urea groups is 1. The molecule has 3 heterocycles. The van der Waals surface area contributed by atoms with Gasteiger partial charge in [0.25, 0.3) is 0 Å². The summed E-state index contributed by atoms with van der Waals surface area (Å²) in [5, 5.41) is 12.0. The van der Waals surface area contributed by atoms with E-state index in [-0.39, 0.29) is 43.4 Å². The van der Waals surface area contributed by atoms with E-state index in [0.29, 0.717) is 45.3 Å². The highest BCUT2D eigenvalue weighted by Crippen LogP contribution is 2.21. The van der Waals surface area contributed by atoms with Crippen molar-refractivity contribution in [3.8, 4) is 0 Å². The molecule has 0 bridgehead atoms. The normalized spacial score (nSPS) is 14.7. The van der Waals surface area contributed by atoms with E-state index in [1.165, 1.54) is 16.2 Å². The minimum atomic E-state index is -1.10. The Hall–Kier alpha value is -4.86. The Labute approximate surface area is 344 Å². The van der Waals surface area contributed by atoms with Crippen LogP contribution in [0.2, 0.25) is 0 Å². The Morgan fingerprint density at radius 3 is 2.21 bits per heavy atom. The van der Waals surface area contributed by atoms with Gasteiger partial charge in [0.2, 0.25) is 11.8 Å². The zero-order chi connectivity index (χ0) is 40.6. The van der Waals surface area contributed by atoms with Crippen molar-refractivity contribution in [1.29, 1.82) is 0 Å². The summed E-state index contributed by atoms with van der Waals surface area (Å²) in [7, 11) is 3.68. The molecule has 0 saturated carbocycles. The van der Waals surface area contributed by atoms with E-state index in [4.69, 9.17) is 4.74 Å². The first kappa shape index (κ1) is 43.3. The van der Waals surface area contributed by atoms with Crippen molar-refractivity contribution in [3.05, 3.63) is 104 Å². The molecule has 13 nitrogen and oxygen atoms in total. The van der Waals surface area contributed by atoms with Gasteiger partial charge in [-0.3, -0.25) is 14.6 Å². The number of aromatic nitrogens is 2. The molecule has 1 aliphatic heterocycles. The molecular formula is C42H56N8O5S2. The maximum absolute atomic E-state index is 14.3. The van der Waals surface area contributed by atoms with Gasteiger partial charge in [-0.05, 0) is 49.8 Å². The molecule has 1 fully saturated rings. The van der Waals surface area contributed by atoms with Crippen molar-refractivity contribution in [1.82, 2.24) is 40.6 Å². The van der Waals surface area contributed by atoms with E-state index >= 15 is 0 Å².